The van der Waals surface area contributed by atoms with Gasteiger partial charge in [-0.15, -0.1) is 0 Å². The second kappa shape index (κ2) is 2.96. The fourth-order valence-corrected chi connectivity index (χ4v) is 1.63. The van der Waals surface area contributed by atoms with Crippen LogP contribution in [0.15, 0.2) is 6.07 Å². The number of hydrogen-bond acceptors (Lipinski definition) is 2. The molecular formula is C9H10F2N2. The number of fused-ring (bicyclic) bond motifs is 1. The molecule has 3 N–H and O–H groups in total. The van der Waals surface area contributed by atoms with Gasteiger partial charge in [0.05, 0.1) is 5.69 Å². The Bertz CT molecular complexity index is 350. The molecule has 13 heavy (non-hydrogen) atoms. The third-order valence-electron chi connectivity index (χ3n) is 2.33. The summed E-state index contributed by atoms with van der Waals surface area (Å²) in [6.45, 7) is 1.33. The van der Waals surface area contributed by atoms with E-state index in [-0.39, 0.29) is 5.69 Å². The smallest absolute Gasteiger partial charge is 0.181 e. The van der Waals surface area contributed by atoms with Crippen molar-refractivity contribution in [2.75, 3.05) is 12.3 Å². The van der Waals surface area contributed by atoms with Gasteiger partial charge in [0.1, 0.15) is 0 Å². The normalized spacial score (nSPS) is 15.5. The Morgan fingerprint density at radius 1 is 1.38 bits per heavy atom. The first kappa shape index (κ1) is 8.44. The average Bonchev–Trinajstić information content (AvgIpc) is 2.15. The molecule has 0 aliphatic carbocycles. The molecule has 0 aromatic heterocycles. The molecule has 2 nitrogen and oxygen atoms in total. The van der Waals surface area contributed by atoms with Crippen molar-refractivity contribution in [3.05, 3.63) is 28.8 Å². The number of rotatable bonds is 0. The Kier molecular flexibility index (Phi) is 1.92. The van der Waals surface area contributed by atoms with E-state index < -0.39 is 11.6 Å². The predicted molar refractivity (Wildman–Crippen MR) is 46.2 cm³/mol. The topological polar surface area (TPSA) is 38.0 Å². The van der Waals surface area contributed by atoms with Crippen molar-refractivity contribution < 1.29 is 8.78 Å². The van der Waals surface area contributed by atoms with E-state index in [0.717, 1.165) is 17.7 Å². The van der Waals surface area contributed by atoms with E-state index >= 15 is 0 Å². The summed E-state index contributed by atoms with van der Waals surface area (Å²) in [7, 11) is 0. The lowest BCUT2D eigenvalue weighted by Crippen LogP contribution is -2.25. The van der Waals surface area contributed by atoms with E-state index in [2.05, 4.69) is 5.32 Å². The zero-order chi connectivity index (χ0) is 9.42. The Hall–Kier alpha value is -1.16. The fourth-order valence-electron chi connectivity index (χ4n) is 1.63. The van der Waals surface area contributed by atoms with Gasteiger partial charge in [-0.3, -0.25) is 0 Å². The lowest BCUT2D eigenvalue weighted by molar-refractivity contribution is 0.504. The second-order valence-electron chi connectivity index (χ2n) is 3.15. The molecule has 1 heterocycles. The van der Waals surface area contributed by atoms with Gasteiger partial charge in [0.25, 0.3) is 0 Å². The Labute approximate surface area is 74.7 Å². The molecule has 0 amide bonds. The van der Waals surface area contributed by atoms with E-state index in [4.69, 9.17) is 5.73 Å². The number of nitrogen functional groups attached to an aromatic ring is 1. The summed E-state index contributed by atoms with van der Waals surface area (Å²) in [4.78, 5) is 0. The standard InChI is InChI=1S/C9H10F2N2/c10-7-3-5-4-13-2-1-6(5)9(12)8(7)11/h3,13H,1-2,4,12H2. The molecule has 0 spiro atoms. The van der Waals surface area contributed by atoms with Crippen LogP contribution in [0.4, 0.5) is 14.5 Å². The van der Waals surface area contributed by atoms with Crippen molar-refractivity contribution in [2.24, 2.45) is 0 Å². The largest absolute Gasteiger partial charge is 0.396 e. The summed E-state index contributed by atoms with van der Waals surface area (Å²) < 4.78 is 25.9. The van der Waals surface area contributed by atoms with E-state index in [1.165, 1.54) is 6.07 Å². The molecule has 1 aliphatic heterocycles. The monoisotopic (exact) mass is 184 g/mol. The van der Waals surface area contributed by atoms with E-state index in [1.54, 1.807) is 0 Å². The van der Waals surface area contributed by atoms with Crippen molar-refractivity contribution in [2.45, 2.75) is 13.0 Å². The zero-order valence-corrected chi connectivity index (χ0v) is 7.03. The summed E-state index contributed by atoms with van der Waals surface area (Å²) in [5.41, 5.74) is 6.94. The number of anilines is 1. The Morgan fingerprint density at radius 3 is 2.92 bits per heavy atom. The average molecular weight is 184 g/mol. The fraction of sp³-hybridized carbons (Fsp3) is 0.333. The molecule has 1 aliphatic rings. The van der Waals surface area contributed by atoms with Crippen LogP contribution >= 0.6 is 0 Å². The van der Waals surface area contributed by atoms with Gasteiger partial charge in [0.2, 0.25) is 0 Å². The third-order valence-corrected chi connectivity index (χ3v) is 2.33. The molecule has 0 bridgehead atoms. The first-order valence-corrected chi connectivity index (χ1v) is 4.16. The highest BCUT2D eigenvalue weighted by Crippen LogP contribution is 2.25. The maximum absolute atomic E-state index is 13.0. The molecule has 0 fully saturated rings. The van der Waals surface area contributed by atoms with E-state index in [1.807, 2.05) is 0 Å². The van der Waals surface area contributed by atoms with Crippen molar-refractivity contribution in [1.82, 2.24) is 5.32 Å². The van der Waals surface area contributed by atoms with E-state index in [9.17, 15) is 8.78 Å². The molecule has 0 radical (unpaired) electrons. The molecule has 0 atom stereocenters. The van der Waals surface area contributed by atoms with Crippen LogP contribution in [-0.2, 0) is 13.0 Å². The lowest BCUT2D eigenvalue weighted by atomic mass is 9.99. The van der Waals surface area contributed by atoms with Crippen LogP contribution in [0.1, 0.15) is 11.1 Å². The minimum Gasteiger partial charge on any atom is -0.396 e. The van der Waals surface area contributed by atoms with Gasteiger partial charge in [0.15, 0.2) is 11.6 Å². The molecule has 4 heteroatoms. The Morgan fingerprint density at radius 2 is 2.15 bits per heavy atom. The SMILES string of the molecule is Nc1c(F)c(F)cc2c1CCNC2. The van der Waals surface area contributed by atoms with Gasteiger partial charge in [0, 0.05) is 6.54 Å². The van der Waals surface area contributed by atoms with Gasteiger partial charge >= 0.3 is 0 Å². The summed E-state index contributed by atoms with van der Waals surface area (Å²) in [6, 6.07) is 1.22. The van der Waals surface area contributed by atoms with Crippen LogP contribution in [0, 0.1) is 11.6 Å². The van der Waals surface area contributed by atoms with Gasteiger partial charge in [-0.2, -0.15) is 0 Å². The minimum absolute atomic E-state index is 0.0310. The predicted octanol–water partition coefficient (Wildman–Crippen LogP) is 1.19. The zero-order valence-electron chi connectivity index (χ0n) is 7.03. The maximum atomic E-state index is 13.0. The molecule has 70 valence electrons. The van der Waals surface area contributed by atoms with Crippen LogP contribution < -0.4 is 11.1 Å². The van der Waals surface area contributed by atoms with Gasteiger partial charge in [-0.1, -0.05) is 0 Å². The lowest BCUT2D eigenvalue weighted by Gasteiger charge is -2.19. The highest BCUT2D eigenvalue weighted by molar-refractivity contribution is 5.53. The molecule has 2 rings (SSSR count). The van der Waals surface area contributed by atoms with Crippen LogP contribution in [0.2, 0.25) is 0 Å². The third kappa shape index (κ3) is 1.27. The number of benzene rings is 1. The molecule has 1 aromatic rings. The van der Waals surface area contributed by atoms with Crippen LogP contribution in [-0.4, -0.2) is 6.54 Å². The second-order valence-corrected chi connectivity index (χ2v) is 3.15. The van der Waals surface area contributed by atoms with Crippen LogP contribution in [0.5, 0.6) is 0 Å². The quantitative estimate of drug-likeness (QED) is 0.594. The van der Waals surface area contributed by atoms with E-state index in [0.29, 0.717) is 13.0 Å². The highest BCUT2D eigenvalue weighted by atomic mass is 19.2. The van der Waals surface area contributed by atoms with Gasteiger partial charge in [-0.05, 0) is 30.2 Å². The molecule has 1 aromatic carbocycles. The maximum Gasteiger partial charge on any atom is 0.181 e. The first-order chi connectivity index (χ1) is 6.20. The van der Waals surface area contributed by atoms with Crippen LogP contribution in [0.3, 0.4) is 0 Å². The van der Waals surface area contributed by atoms with Crippen LogP contribution in [0.25, 0.3) is 0 Å². The van der Waals surface area contributed by atoms with Crippen molar-refractivity contribution in [3.8, 4) is 0 Å². The van der Waals surface area contributed by atoms with Gasteiger partial charge < -0.3 is 11.1 Å². The number of nitrogens with two attached hydrogens (primary N) is 1. The summed E-state index contributed by atoms with van der Waals surface area (Å²) >= 11 is 0. The molecular weight excluding hydrogens is 174 g/mol. The summed E-state index contributed by atoms with van der Waals surface area (Å²) in [6.07, 6.45) is 0.665. The van der Waals surface area contributed by atoms with Gasteiger partial charge in [-0.25, -0.2) is 8.78 Å². The Balaban J connectivity index is 2.60. The number of halogens is 2. The first-order valence-electron chi connectivity index (χ1n) is 4.16. The highest BCUT2D eigenvalue weighted by Gasteiger charge is 2.17. The summed E-state index contributed by atoms with van der Waals surface area (Å²) in [5.74, 6) is -1.78. The molecule has 0 unspecified atom stereocenters. The van der Waals surface area contributed by atoms with Crippen molar-refractivity contribution in [1.29, 1.82) is 0 Å². The summed E-state index contributed by atoms with van der Waals surface area (Å²) in [5, 5.41) is 3.07. The molecule has 0 saturated heterocycles. The number of nitrogens with one attached hydrogen (secondary N) is 1. The number of hydrogen-bond donors (Lipinski definition) is 2. The van der Waals surface area contributed by atoms with Crippen molar-refractivity contribution >= 4 is 5.69 Å². The molecule has 0 saturated carbocycles. The van der Waals surface area contributed by atoms with Crippen molar-refractivity contribution in [3.63, 3.8) is 0 Å². The minimum atomic E-state index is -0.916.